The van der Waals surface area contributed by atoms with Crippen molar-refractivity contribution >= 4 is 24.2 Å². The minimum atomic E-state index is -0.363. The van der Waals surface area contributed by atoms with Crippen LogP contribution in [0.2, 0.25) is 0 Å². The predicted octanol–water partition coefficient (Wildman–Crippen LogP) is 1.21. The molecule has 2 saturated heterocycles. The van der Waals surface area contributed by atoms with E-state index < -0.39 is 0 Å². The third-order valence-electron chi connectivity index (χ3n) is 4.82. The molecule has 2 heterocycles. The lowest BCUT2D eigenvalue weighted by atomic mass is 10.1. The fourth-order valence-corrected chi connectivity index (χ4v) is 3.27. The quantitative estimate of drug-likeness (QED) is 0.871. The molecule has 6 nitrogen and oxygen atoms in total. The first-order valence-electron chi connectivity index (χ1n) is 8.58. The number of benzene rings is 1. The first-order valence-corrected chi connectivity index (χ1v) is 8.58. The molecular weight excluding hydrogens is 342 g/mol. The molecule has 7 heteroatoms. The van der Waals surface area contributed by atoms with Gasteiger partial charge in [-0.05, 0) is 31.9 Å². The average Bonchev–Trinajstić information content (AvgIpc) is 3.10. The third-order valence-corrected chi connectivity index (χ3v) is 4.82. The van der Waals surface area contributed by atoms with Gasteiger partial charge >= 0.3 is 0 Å². The van der Waals surface area contributed by atoms with Crippen LogP contribution in [0.25, 0.3) is 0 Å². The zero-order valence-electron chi connectivity index (χ0n) is 14.5. The summed E-state index contributed by atoms with van der Waals surface area (Å²) in [4.78, 5) is 28.6. The molecule has 0 unspecified atom stereocenters. The number of halogens is 1. The van der Waals surface area contributed by atoms with Crippen molar-refractivity contribution < 1.29 is 14.3 Å². The molecule has 0 spiro atoms. The molecule has 2 N–H and O–H groups in total. The highest BCUT2D eigenvalue weighted by Crippen LogP contribution is 2.21. The number of hydrogen-bond donors (Lipinski definition) is 1. The monoisotopic (exact) mass is 367 g/mol. The Kier molecular flexibility index (Phi) is 6.81. The number of hydrogen-bond acceptors (Lipinski definition) is 4. The van der Waals surface area contributed by atoms with E-state index in [4.69, 9.17) is 10.5 Å². The molecule has 0 radical (unpaired) electrons. The van der Waals surface area contributed by atoms with Crippen LogP contribution in [-0.4, -0.2) is 66.5 Å². The second-order valence-corrected chi connectivity index (χ2v) is 6.54. The van der Waals surface area contributed by atoms with Gasteiger partial charge in [-0.15, -0.1) is 12.4 Å². The highest BCUT2D eigenvalue weighted by Gasteiger charge is 2.34. The van der Waals surface area contributed by atoms with Crippen molar-refractivity contribution in [2.24, 2.45) is 5.73 Å². The molecular formula is C18H26ClN3O3. The van der Waals surface area contributed by atoms with Crippen LogP contribution in [0, 0.1) is 6.92 Å². The summed E-state index contributed by atoms with van der Waals surface area (Å²) in [6, 6.07) is 7.60. The fourth-order valence-electron chi connectivity index (χ4n) is 3.27. The third kappa shape index (κ3) is 4.51. The van der Waals surface area contributed by atoms with Crippen LogP contribution in [0.15, 0.2) is 24.3 Å². The van der Waals surface area contributed by atoms with Crippen LogP contribution < -0.4 is 5.73 Å². The molecule has 0 bridgehead atoms. The van der Waals surface area contributed by atoms with Gasteiger partial charge < -0.3 is 20.3 Å². The molecule has 2 fully saturated rings. The van der Waals surface area contributed by atoms with Crippen molar-refractivity contribution in [2.45, 2.75) is 32.0 Å². The highest BCUT2D eigenvalue weighted by atomic mass is 35.5. The number of amides is 2. The molecule has 2 amide bonds. The van der Waals surface area contributed by atoms with Crippen molar-refractivity contribution in [1.29, 1.82) is 0 Å². The summed E-state index contributed by atoms with van der Waals surface area (Å²) in [7, 11) is 0. The number of nitrogens with zero attached hydrogens (tertiary/aromatic N) is 2. The molecule has 2 aliphatic heterocycles. The van der Waals surface area contributed by atoms with Gasteiger partial charge in [-0.1, -0.05) is 17.7 Å². The van der Waals surface area contributed by atoms with E-state index in [9.17, 15) is 9.59 Å². The van der Waals surface area contributed by atoms with Gasteiger partial charge in [0.1, 0.15) is 6.10 Å². The fraction of sp³-hybridized carbons (Fsp3) is 0.556. The molecule has 0 aliphatic carbocycles. The van der Waals surface area contributed by atoms with E-state index in [1.165, 1.54) is 0 Å². The lowest BCUT2D eigenvalue weighted by Crippen LogP contribution is -2.53. The number of ether oxygens (including phenoxy) is 1. The summed E-state index contributed by atoms with van der Waals surface area (Å²) in [5.41, 5.74) is 7.43. The van der Waals surface area contributed by atoms with E-state index in [0.29, 0.717) is 38.3 Å². The Hall–Kier alpha value is -1.63. The van der Waals surface area contributed by atoms with Crippen LogP contribution in [-0.2, 0) is 9.53 Å². The Morgan fingerprint density at radius 3 is 2.24 bits per heavy atom. The molecule has 0 aromatic heterocycles. The summed E-state index contributed by atoms with van der Waals surface area (Å²) in [5, 5.41) is 0. The summed E-state index contributed by atoms with van der Waals surface area (Å²) >= 11 is 0. The Labute approximate surface area is 154 Å². The Morgan fingerprint density at radius 2 is 1.68 bits per heavy atom. The van der Waals surface area contributed by atoms with Crippen LogP contribution in [0.1, 0.15) is 28.8 Å². The highest BCUT2D eigenvalue weighted by molar-refractivity contribution is 5.94. The van der Waals surface area contributed by atoms with Crippen molar-refractivity contribution in [3.8, 4) is 0 Å². The number of piperazine rings is 1. The summed E-state index contributed by atoms with van der Waals surface area (Å²) in [6.07, 6.45) is 1.23. The smallest absolute Gasteiger partial charge is 0.253 e. The lowest BCUT2D eigenvalue weighted by molar-refractivity contribution is -0.144. The van der Waals surface area contributed by atoms with Gasteiger partial charge in [-0.25, -0.2) is 0 Å². The molecule has 1 aromatic carbocycles. The zero-order valence-corrected chi connectivity index (χ0v) is 15.3. The van der Waals surface area contributed by atoms with Crippen molar-refractivity contribution in [2.75, 3.05) is 32.7 Å². The number of nitrogens with two attached hydrogens (primary N) is 1. The van der Waals surface area contributed by atoms with Gasteiger partial charge in [-0.2, -0.15) is 0 Å². The maximum atomic E-state index is 12.5. The van der Waals surface area contributed by atoms with E-state index in [0.717, 1.165) is 18.4 Å². The molecule has 138 valence electrons. The van der Waals surface area contributed by atoms with Gasteiger partial charge in [0.25, 0.3) is 11.8 Å². The molecule has 2 atom stereocenters. The van der Waals surface area contributed by atoms with Gasteiger partial charge in [0.2, 0.25) is 0 Å². The van der Waals surface area contributed by atoms with E-state index in [-0.39, 0.29) is 36.4 Å². The van der Waals surface area contributed by atoms with Crippen molar-refractivity contribution in [1.82, 2.24) is 9.80 Å². The second kappa shape index (κ2) is 8.65. The summed E-state index contributed by atoms with van der Waals surface area (Å²) < 4.78 is 5.68. The second-order valence-electron chi connectivity index (χ2n) is 6.54. The van der Waals surface area contributed by atoms with E-state index >= 15 is 0 Å². The van der Waals surface area contributed by atoms with E-state index in [2.05, 4.69) is 0 Å². The van der Waals surface area contributed by atoms with Gasteiger partial charge in [-0.3, -0.25) is 9.59 Å². The van der Waals surface area contributed by atoms with Gasteiger partial charge in [0.05, 0.1) is 6.10 Å². The number of rotatable bonds is 3. The van der Waals surface area contributed by atoms with Crippen LogP contribution >= 0.6 is 12.4 Å². The van der Waals surface area contributed by atoms with Crippen LogP contribution in [0.3, 0.4) is 0 Å². The number of carbonyl (C=O) groups excluding carboxylic acids is 2. The SMILES string of the molecule is Cc1ccc(C(=O)N2CCN(C(=O)[C@@H]3CC[C@H](CN)O3)CC2)cc1.Cl. The van der Waals surface area contributed by atoms with E-state index in [1.807, 2.05) is 41.0 Å². The average molecular weight is 368 g/mol. The molecule has 3 rings (SSSR count). The first kappa shape index (κ1) is 19.7. The topological polar surface area (TPSA) is 75.9 Å². The molecule has 2 aliphatic rings. The minimum Gasteiger partial charge on any atom is -0.364 e. The molecule has 1 aromatic rings. The van der Waals surface area contributed by atoms with Crippen LogP contribution in [0.4, 0.5) is 0 Å². The maximum Gasteiger partial charge on any atom is 0.253 e. The number of carbonyl (C=O) groups is 2. The summed E-state index contributed by atoms with van der Waals surface area (Å²) in [5.74, 6) is 0.0656. The van der Waals surface area contributed by atoms with Crippen molar-refractivity contribution in [3.05, 3.63) is 35.4 Å². The Morgan fingerprint density at radius 1 is 1.08 bits per heavy atom. The van der Waals surface area contributed by atoms with Crippen LogP contribution in [0.5, 0.6) is 0 Å². The largest absolute Gasteiger partial charge is 0.364 e. The summed E-state index contributed by atoms with van der Waals surface area (Å²) in [6.45, 7) is 4.70. The number of aryl methyl sites for hydroxylation is 1. The molecule has 0 saturated carbocycles. The zero-order chi connectivity index (χ0) is 17.1. The standard InChI is InChI=1S/C18H25N3O3.ClH/c1-13-2-4-14(5-3-13)17(22)20-8-10-21(11-9-20)18(23)16-7-6-15(12-19)24-16;/h2-5,15-16H,6-12,19H2,1H3;1H/t15-,16+;/m1./s1. The van der Waals surface area contributed by atoms with Crippen molar-refractivity contribution in [3.63, 3.8) is 0 Å². The maximum absolute atomic E-state index is 12.5. The Balaban J connectivity index is 0.00000225. The predicted molar refractivity (Wildman–Crippen MR) is 97.9 cm³/mol. The molecule has 25 heavy (non-hydrogen) atoms. The normalized spacial score (nSPS) is 23.3. The van der Waals surface area contributed by atoms with Gasteiger partial charge in [0.15, 0.2) is 0 Å². The Bertz CT molecular complexity index is 600. The van der Waals surface area contributed by atoms with Gasteiger partial charge in [0, 0.05) is 38.3 Å². The lowest BCUT2D eigenvalue weighted by Gasteiger charge is -2.35. The first-order chi connectivity index (χ1) is 11.6. The van der Waals surface area contributed by atoms with E-state index in [1.54, 1.807) is 0 Å². The minimum absolute atomic E-state index is 0.